The van der Waals surface area contributed by atoms with Crippen molar-refractivity contribution in [1.82, 2.24) is 5.32 Å². The molecule has 0 saturated carbocycles. The Balaban J connectivity index is 1.88. The van der Waals surface area contributed by atoms with Crippen LogP contribution < -0.4 is 10.2 Å². The first-order valence-electron chi connectivity index (χ1n) is 8.44. The zero-order chi connectivity index (χ0) is 15.1. The largest absolute Gasteiger partial charge is 0.378 e. The van der Waals surface area contributed by atoms with Crippen LogP contribution in [0.2, 0.25) is 0 Å². The van der Waals surface area contributed by atoms with Crippen LogP contribution in [0.3, 0.4) is 0 Å². The maximum Gasteiger partial charge on any atom is 0.0608 e. The van der Waals surface area contributed by atoms with Crippen molar-refractivity contribution in [2.45, 2.75) is 52.2 Å². The highest BCUT2D eigenvalue weighted by Gasteiger charge is 2.19. The Hall–Kier alpha value is -1.06. The lowest BCUT2D eigenvalue weighted by Gasteiger charge is -2.33. The van der Waals surface area contributed by atoms with E-state index in [1.54, 1.807) is 0 Å². The second-order valence-corrected chi connectivity index (χ2v) is 5.91. The molecule has 1 aliphatic rings. The molecule has 1 aliphatic heterocycles. The molecule has 0 spiro atoms. The van der Waals surface area contributed by atoms with Crippen molar-refractivity contribution >= 4 is 5.69 Å². The standard InChI is InChI=1S/C18H30N2O/c1-4-12-19-15(3)16-6-8-17(9-7-16)20-13-10-18(11-14-20)21-5-2/h6-9,15,18-19H,4-5,10-14H2,1-3H3. The molecule has 0 aromatic heterocycles. The highest BCUT2D eigenvalue weighted by atomic mass is 16.5. The topological polar surface area (TPSA) is 24.5 Å². The summed E-state index contributed by atoms with van der Waals surface area (Å²) in [7, 11) is 0. The lowest BCUT2D eigenvalue weighted by Crippen LogP contribution is -2.37. The van der Waals surface area contributed by atoms with E-state index in [-0.39, 0.29) is 0 Å². The van der Waals surface area contributed by atoms with Crippen LogP contribution in [-0.4, -0.2) is 32.3 Å². The highest BCUT2D eigenvalue weighted by Crippen LogP contribution is 2.23. The molecule has 1 unspecified atom stereocenters. The number of nitrogens with zero attached hydrogens (tertiary/aromatic N) is 1. The van der Waals surface area contributed by atoms with Gasteiger partial charge in [-0.15, -0.1) is 0 Å². The molecule has 0 radical (unpaired) electrons. The van der Waals surface area contributed by atoms with Gasteiger partial charge in [0, 0.05) is 31.4 Å². The van der Waals surface area contributed by atoms with Crippen LogP contribution in [-0.2, 0) is 4.74 Å². The molecule has 0 aliphatic carbocycles. The summed E-state index contributed by atoms with van der Waals surface area (Å²) in [6.45, 7) is 10.6. The summed E-state index contributed by atoms with van der Waals surface area (Å²) in [6, 6.07) is 9.48. The predicted molar refractivity (Wildman–Crippen MR) is 90.0 cm³/mol. The zero-order valence-electron chi connectivity index (χ0n) is 13.8. The van der Waals surface area contributed by atoms with Gasteiger partial charge in [-0.3, -0.25) is 0 Å². The van der Waals surface area contributed by atoms with Crippen molar-refractivity contribution in [3.63, 3.8) is 0 Å². The number of rotatable bonds is 7. The number of hydrogen-bond donors (Lipinski definition) is 1. The first-order chi connectivity index (χ1) is 10.2. The van der Waals surface area contributed by atoms with E-state index in [9.17, 15) is 0 Å². The minimum Gasteiger partial charge on any atom is -0.378 e. The van der Waals surface area contributed by atoms with E-state index in [0.29, 0.717) is 12.1 Å². The molecule has 1 atom stereocenters. The molecule has 118 valence electrons. The van der Waals surface area contributed by atoms with Crippen LogP contribution in [0, 0.1) is 0 Å². The smallest absolute Gasteiger partial charge is 0.0608 e. The normalized spacial score (nSPS) is 18.0. The maximum atomic E-state index is 5.72. The third kappa shape index (κ3) is 4.72. The molecule has 1 fully saturated rings. The average Bonchev–Trinajstić information content (AvgIpc) is 2.54. The summed E-state index contributed by atoms with van der Waals surface area (Å²) in [6.07, 6.45) is 3.93. The van der Waals surface area contributed by atoms with Crippen LogP contribution in [0.25, 0.3) is 0 Å². The van der Waals surface area contributed by atoms with Crippen LogP contribution in [0.5, 0.6) is 0 Å². The minimum absolute atomic E-state index is 0.433. The number of anilines is 1. The van der Waals surface area contributed by atoms with E-state index in [4.69, 9.17) is 4.74 Å². The Kier molecular flexibility index (Phi) is 6.52. The molecule has 3 nitrogen and oxygen atoms in total. The molecule has 1 aromatic rings. The van der Waals surface area contributed by atoms with Gasteiger partial charge in [0.1, 0.15) is 0 Å². The Bertz CT molecular complexity index is 396. The van der Waals surface area contributed by atoms with E-state index in [2.05, 4.69) is 55.3 Å². The monoisotopic (exact) mass is 290 g/mol. The molecular formula is C18H30N2O. The number of nitrogens with one attached hydrogen (secondary N) is 1. The van der Waals surface area contributed by atoms with Crippen LogP contribution in [0.4, 0.5) is 5.69 Å². The van der Waals surface area contributed by atoms with Crippen molar-refractivity contribution in [1.29, 1.82) is 0 Å². The van der Waals surface area contributed by atoms with Gasteiger partial charge in [0.2, 0.25) is 0 Å². The second-order valence-electron chi connectivity index (χ2n) is 5.91. The molecular weight excluding hydrogens is 260 g/mol. The number of hydrogen-bond acceptors (Lipinski definition) is 3. The number of ether oxygens (including phenoxy) is 1. The third-order valence-electron chi connectivity index (χ3n) is 4.30. The van der Waals surface area contributed by atoms with Gasteiger partial charge in [-0.05, 0) is 57.4 Å². The average molecular weight is 290 g/mol. The summed E-state index contributed by atoms with van der Waals surface area (Å²) in [5, 5.41) is 3.54. The Morgan fingerprint density at radius 3 is 2.43 bits per heavy atom. The zero-order valence-corrected chi connectivity index (χ0v) is 13.8. The predicted octanol–water partition coefficient (Wildman–Crippen LogP) is 3.75. The molecule has 0 bridgehead atoms. The highest BCUT2D eigenvalue weighted by molar-refractivity contribution is 5.48. The van der Waals surface area contributed by atoms with E-state index < -0.39 is 0 Å². The van der Waals surface area contributed by atoms with Crippen LogP contribution in [0.1, 0.15) is 51.6 Å². The van der Waals surface area contributed by atoms with Crippen LogP contribution >= 0.6 is 0 Å². The van der Waals surface area contributed by atoms with E-state index >= 15 is 0 Å². The Morgan fingerprint density at radius 1 is 1.19 bits per heavy atom. The van der Waals surface area contributed by atoms with Gasteiger partial charge >= 0.3 is 0 Å². The quantitative estimate of drug-likeness (QED) is 0.827. The Morgan fingerprint density at radius 2 is 1.86 bits per heavy atom. The first-order valence-corrected chi connectivity index (χ1v) is 8.44. The second kappa shape index (κ2) is 8.40. The maximum absolute atomic E-state index is 5.72. The van der Waals surface area contributed by atoms with Gasteiger partial charge in [-0.1, -0.05) is 19.1 Å². The third-order valence-corrected chi connectivity index (χ3v) is 4.30. The fourth-order valence-corrected chi connectivity index (χ4v) is 2.97. The van der Waals surface area contributed by atoms with Gasteiger partial charge in [-0.25, -0.2) is 0 Å². The molecule has 1 aromatic carbocycles. The number of benzene rings is 1. The van der Waals surface area contributed by atoms with Gasteiger partial charge in [0.15, 0.2) is 0 Å². The first kappa shape index (κ1) is 16.3. The van der Waals surface area contributed by atoms with Crippen molar-refractivity contribution in [2.75, 3.05) is 31.1 Å². The fraction of sp³-hybridized carbons (Fsp3) is 0.667. The van der Waals surface area contributed by atoms with Crippen molar-refractivity contribution in [3.8, 4) is 0 Å². The summed E-state index contributed by atoms with van der Waals surface area (Å²) in [5.74, 6) is 0. The van der Waals surface area contributed by atoms with E-state index in [0.717, 1.165) is 39.1 Å². The van der Waals surface area contributed by atoms with Gasteiger partial charge in [0.25, 0.3) is 0 Å². The fourth-order valence-electron chi connectivity index (χ4n) is 2.97. The van der Waals surface area contributed by atoms with Gasteiger partial charge in [0.05, 0.1) is 6.10 Å². The molecule has 3 heteroatoms. The molecule has 1 N–H and O–H groups in total. The van der Waals surface area contributed by atoms with E-state index in [1.165, 1.54) is 17.7 Å². The lowest BCUT2D eigenvalue weighted by molar-refractivity contribution is 0.0459. The number of piperidine rings is 1. The summed E-state index contributed by atoms with van der Waals surface area (Å²) in [4.78, 5) is 2.48. The summed E-state index contributed by atoms with van der Waals surface area (Å²) >= 11 is 0. The van der Waals surface area contributed by atoms with Gasteiger partial charge in [-0.2, -0.15) is 0 Å². The van der Waals surface area contributed by atoms with Crippen molar-refractivity contribution in [2.24, 2.45) is 0 Å². The summed E-state index contributed by atoms with van der Waals surface area (Å²) < 4.78 is 5.72. The summed E-state index contributed by atoms with van der Waals surface area (Å²) in [5.41, 5.74) is 2.72. The Labute approximate surface area is 129 Å². The van der Waals surface area contributed by atoms with Crippen molar-refractivity contribution < 1.29 is 4.74 Å². The molecule has 1 heterocycles. The molecule has 1 saturated heterocycles. The lowest BCUT2D eigenvalue weighted by atomic mass is 10.0. The van der Waals surface area contributed by atoms with Gasteiger partial charge < -0.3 is 15.0 Å². The van der Waals surface area contributed by atoms with Crippen molar-refractivity contribution in [3.05, 3.63) is 29.8 Å². The molecule has 2 rings (SSSR count). The molecule has 0 amide bonds. The van der Waals surface area contributed by atoms with Crippen LogP contribution in [0.15, 0.2) is 24.3 Å². The minimum atomic E-state index is 0.433. The SMILES string of the molecule is CCCNC(C)c1ccc(N2CCC(OCC)CC2)cc1. The molecule has 21 heavy (non-hydrogen) atoms. The van der Waals surface area contributed by atoms with E-state index in [1.807, 2.05) is 0 Å².